The van der Waals surface area contributed by atoms with E-state index in [2.05, 4.69) is 16.7 Å². The normalized spacial score (nSPS) is 9.07. The number of carbonyl (C=O) groups excluding carboxylic acids is 1. The number of hydrogen-bond donors (Lipinski definition) is 3. The Morgan fingerprint density at radius 2 is 2.07 bits per heavy atom. The van der Waals surface area contributed by atoms with Crippen LogP contribution in [0.2, 0.25) is 0 Å². The zero-order valence-electron chi connectivity index (χ0n) is 8.29. The minimum absolute atomic E-state index is 0.131. The third-order valence-electron chi connectivity index (χ3n) is 1.87. The second-order valence-corrected chi connectivity index (χ2v) is 2.93. The second-order valence-electron chi connectivity index (χ2n) is 2.93. The first-order valence-electron chi connectivity index (χ1n) is 4.56. The fourth-order valence-corrected chi connectivity index (χ4v) is 1.07. The summed E-state index contributed by atoms with van der Waals surface area (Å²) in [6, 6.07) is 6.85. The number of hydrazine groups is 1. The molecule has 0 aliphatic carbocycles. The van der Waals surface area contributed by atoms with Crippen LogP contribution < -0.4 is 16.6 Å². The lowest BCUT2D eigenvalue weighted by atomic mass is 10.2. The lowest BCUT2D eigenvalue weighted by Crippen LogP contribution is -2.24. The molecule has 78 valence electrons. The van der Waals surface area contributed by atoms with Crippen LogP contribution in [-0.2, 0) is 0 Å². The number of hydrogen-bond acceptors (Lipinski definition) is 3. The third kappa shape index (κ3) is 3.33. The van der Waals surface area contributed by atoms with Gasteiger partial charge in [-0.2, -0.15) is 0 Å². The number of terminal acetylenes is 1. The van der Waals surface area contributed by atoms with Crippen LogP contribution >= 0.6 is 0 Å². The lowest BCUT2D eigenvalue weighted by Gasteiger charge is -2.04. The molecule has 0 unspecified atom stereocenters. The van der Waals surface area contributed by atoms with E-state index in [9.17, 15) is 4.79 Å². The molecule has 0 aliphatic heterocycles. The summed E-state index contributed by atoms with van der Waals surface area (Å²) in [6.07, 6.45) is 5.60. The minimum atomic E-state index is -0.131. The molecule has 0 heterocycles. The summed E-state index contributed by atoms with van der Waals surface area (Å²) in [7, 11) is 0. The maximum absolute atomic E-state index is 11.5. The molecule has 1 aromatic carbocycles. The molecule has 0 fully saturated rings. The monoisotopic (exact) mass is 203 g/mol. The van der Waals surface area contributed by atoms with Crippen molar-refractivity contribution in [3.05, 3.63) is 29.8 Å². The standard InChI is InChI=1S/C11H13N3O/c1-2-3-8-13-11(15)9-4-6-10(14-12)7-5-9/h1,4-7,14H,3,8,12H2,(H,13,15). The summed E-state index contributed by atoms with van der Waals surface area (Å²) in [5.41, 5.74) is 3.84. The predicted octanol–water partition coefficient (Wildman–Crippen LogP) is 0.725. The number of nitrogen functional groups attached to an aromatic ring is 1. The van der Waals surface area contributed by atoms with E-state index in [1.54, 1.807) is 24.3 Å². The summed E-state index contributed by atoms with van der Waals surface area (Å²) < 4.78 is 0. The van der Waals surface area contributed by atoms with Crippen molar-refractivity contribution >= 4 is 11.6 Å². The van der Waals surface area contributed by atoms with Crippen molar-refractivity contribution in [1.82, 2.24) is 5.32 Å². The maximum Gasteiger partial charge on any atom is 0.251 e. The van der Waals surface area contributed by atoms with Crippen LogP contribution in [0.1, 0.15) is 16.8 Å². The maximum atomic E-state index is 11.5. The van der Waals surface area contributed by atoms with Crippen molar-refractivity contribution in [3.8, 4) is 12.3 Å². The average Bonchev–Trinajstić information content (AvgIpc) is 2.29. The molecule has 0 bridgehead atoms. The largest absolute Gasteiger partial charge is 0.351 e. The first-order valence-corrected chi connectivity index (χ1v) is 4.56. The predicted molar refractivity (Wildman–Crippen MR) is 60.0 cm³/mol. The summed E-state index contributed by atoms with van der Waals surface area (Å²) in [5.74, 6) is 7.52. The highest BCUT2D eigenvalue weighted by Crippen LogP contribution is 2.07. The molecule has 0 radical (unpaired) electrons. The highest BCUT2D eigenvalue weighted by atomic mass is 16.1. The molecule has 4 heteroatoms. The SMILES string of the molecule is C#CCCNC(=O)c1ccc(NN)cc1. The van der Waals surface area contributed by atoms with Gasteiger partial charge in [0.05, 0.1) is 0 Å². The Labute approximate surface area is 88.8 Å². The van der Waals surface area contributed by atoms with Gasteiger partial charge in [0.1, 0.15) is 0 Å². The minimum Gasteiger partial charge on any atom is -0.351 e. The van der Waals surface area contributed by atoms with Crippen LogP contribution in [0.3, 0.4) is 0 Å². The van der Waals surface area contributed by atoms with Gasteiger partial charge < -0.3 is 10.7 Å². The number of nitrogens with two attached hydrogens (primary N) is 1. The molecule has 0 saturated heterocycles. The summed E-state index contributed by atoms with van der Waals surface area (Å²) in [6.45, 7) is 0.492. The van der Waals surface area contributed by atoms with Crippen molar-refractivity contribution in [1.29, 1.82) is 0 Å². The van der Waals surface area contributed by atoms with Gasteiger partial charge >= 0.3 is 0 Å². The molecule has 15 heavy (non-hydrogen) atoms. The summed E-state index contributed by atoms with van der Waals surface area (Å²) in [4.78, 5) is 11.5. The highest BCUT2D eigenvalue weighted by Gasteiger charge is 2.03. The van der Waals surface area contributed by atoms with E-state index >= 15 is 0 Å². The smallest absolute Gasteiger partial charge is 0.251 e. The van der Waals surface area contributed by atoms with Gasteiger partial charge in [-0.25, -0.2) is 0 Å². The van der Waals surface area contributed by atoms with Crippen LogP contribution in [-0.4, -0.2) is 12.5 Å². The zero-order chi connectivity index (χ0) is 11.1. The Hall–Kier alpha value is -1.99. The first kappa shape index (κ1) is 11.1. The zero-order valence-corrected chi connectivity index (χ0v) is 8.29. The Morgan fingerprint density at radius 3 is 2.60 bits per heavy atom. The molecule has 1 amide bonds. The van der Waals surface area contributed by atoms with Crippen molar-refractivity contribution in [3.63, 3.8) is 0 Å². The van der Waals surface area contributed by atoms with Crippen LogP contribution in [0.15, 0.2) is 24.3 Å². The van der Waals surface area contributed by atoms with E-state index in [0.29, 0.717) is 18.5 Å². The molecule has 1 rings (SSSR count). The molecule has 0 atom stereocenters. The summed E-state index contributed by atoms with van der Waals surface area (Å²) in [5, 5.41) is 2.70. The van der Waals surface area contributed by atoms with Crippen molar-refractivity contribution in [2.45, 2.75) is 6.42 Å². The Morgan fingerprint density at radius 1 is 1.40 bits per heavy atom. The third-order valence-corrected chi connectivity index (χ3v) is 1.87. The topological polar surface area (TPSA) is 67.2 Å². The van der Waals surface area contributed by atoms with Gasteiger partial charge in [-0.1, -0.05) is 0 Å². The van der Waals surface area contributed by atoms with Crippen molar-refractivity contribution in [2.75, 3.05) is 12.0 Å². The van der Waals surface area contributed by atoms with E-state index < -0.39 is 0 Å². The summed E-state index contributed by atoms with van der Waals surface area (Å²) >= 11 is 0. The Kier molecular flexibility index (Phi) is 4.20. The fourth-order valence-electron chi connectivity index (χ4n) is 1.07. The van der Waals surface area contributed by atoms with Gasteiger partial charge in [0, 0.05) is 24.2 Å². The van der Waals surface area contributed by atoms with Crippen LogP contribution in [0, 0.1) is 12.3 Å². The fraction of sp³-hybridized carbons (Fsp3) is 0.182. The van der Waals surface area contributed by atoms with Crippen LogP contribution in [0.5, 0.6) is 0 Å². The van der Waals surface area contributed by atoms with Gasteiger partial charge in [-0.15, -0.1) is 12.3 Å². The Balaban J connectivity index is 2.55. The number of benzene rings is 1. The van der Waals surface area contributed by atoms with Gasteiger partial charge in [0.2, 0.25) is 0 Å². The van der Waals surface area contributed by atoms with E-state index in [4.69, 9.17) is 12.3 Å². The number of amides is 1. The molecule has 0 aromatic heterocycles. The highest BCUT2D eigenvalue weighted by molar-refractivity contribution is 5.94. The molecule has 4 nitrogen and oxygen atoms in total. The lowest BCUT2D eigenvalue weighted by molar-refractivity contribution is 0.0954. The van der Waals surface area contributed by atoms with Gasteiger partial charge in [-0.3, -0.25) is 10.6 Å². The van der Waals surface area contributed by atoms with E-state index in [0.717, 1.165) is 5.69 Å². The average molecular weight is 203 g/mol. The van der Waals surface area contributed by atoms with Crippen LogP contribution in [0.25, 0.3) is 0 Å². The van der Waals surface area contributed by atoms with E-state index in [-0.39, 0.29) is 5.91 Å². The van der Waals surface area contributed by atoms with Crippen molar-refractivity contribution in [2.24, 2.45) is 5.84 Å². The molecule has 4 N–H and O–H groups in total. The number of anilines is 1. The van der Waals surface area contributed by atoms with E-state index in [1.807, 2.05) is 0 Å². The van der Waals surface area contributed by atoms with Crippen molar-refractivity contribution < 1.29 is 4.79 Å². The molecule has 1 aromatic rings. The molecular weight excluding hydrogens is 190 g/mol. The quantitative estimate of drug-likeness (QED) is 0.292. The molecular formula is C11H13N3O. The number of carbonyl (C=O) groups is 1. The van der Waals surface area contributed by atoms with Crippen LogP contribution in [0.4, 0.5) is 5.69 Å². The number of nitrogens with one attached hydrogen (secondary N) is 2. The molecule has 0 saturated carbocycles. The molecule has 0 aliphatic rings. The van der Waals surface area contributed by atoms with Gasteiger partial charge in [-0.05, 0) is 24.3 Å². The number of rotatable bonds is 4. The Bertz CT molecular complexity index is 364. The first-order chi connectivity index (χ1) is 7.27. The molecule has 0 spiro atoms. The van der Waals surface area contributed by atoms with Gasteiger partial charge in [0.15, 0.2) is 0 Å². The van der Waals surface area contributed by atoms with E-state index in [1.165, 1.54) is 0 Å². The second kappa shape index (κ2) is 5.68. The van der Waals surface area contributed by atoms with Gasteiger partial charge in [0.25, 0.3) is 5.91 Å².